The van der Waals surface area contributed by atoms with Gasteiger partial charge < -0.3 is 10.6 Å². The second-order valence-corrected chi connectivity index (χ2v) is 6.83. The lowest BCUT2D eigenvalue weighted by atomic mass is 10.3. The third-order valence-corrected chi connectivity index (χ3v) is 5.34. The number of ketones is 2. The number of aromatic nitrogens is 2. The van der Waals surface area contributed by atoms with E-state index < -0.39 is 0 Å². The number of carbonyl (C=O) groups excluding carboxylic acids is 2. The van der Waals surface area contributed by atoms with Crippen LogP contribution in [0.1, 0.15) is 44.6 Å². The smallest absolute Gasteiger partial charge is 0.183 e. The van der Waals surface area contributed by atoms with Crippen molar-refractivity contribution < 1.29 is 9.59 Å². The van der Waals surface area contributed by atoms with E-state index in [9.17, 15) is 9.59 Å². The van der Waals surface area contributed by atoms with Gasteiger partial charge in [-0.25, -0.2) is 9.97 Å². The molecular weight excluding hydrogens is 320 g/mol. The average molecular weight is 338 g/mol. The zero-order valence-corrected chi connectivity index (χ0v) is 14.6. The summed E-state index contributed by atoms with van der Waals surface area (Å²) in [5.41, 5.74) is 1.52. The molecule has 0 aliphatic heterocycles. The van der Waals surface area contributed by atoms with Crippen molar-refractivity contribution in [2.75, 3.05) is 23.7 Å². The number of nitrogens with zero attached hydrogens (tertiary/aromatic N) is 2. The first-order chi connectivity index (χ1) is 10.4. The van der Waals surface area contributed by atoms with E-state index in [2.05, 4.69) is 20.6 Å². The Kier molecular flexibility index (Phi) is 5.25. The molecule has 2 heterocycles. The number of hydrogen-bond donors (Lipinski definition) is 2. The first kappa shape index (κ1) is 16.6. The van der Waals surface area contributed by atoms with Crippen molar-refractivity contribution in [1.29, 1.82) is 0 Å². The van der Waals surface area contributed by atoms with E-state index in [1.54, 1.807) is 13.8 Å². The lowest BCUT2D eigenvalue weighted by molar-refractivity contribution is 0.101. The van der Waals surface area contributed by atoms with Crippen LogP contribution in [0.15, 0.2) is 0 Å². The SMILES string of the molecule is CC(=O)c1sc(NCCNc2nc(C)c(C(C)=O)s2)nc1C. The van der Waals surface area contributed by atoms with Crippen LogP contribution in [0.4, 0.5) is 10.3 Å². The molecule has 0 amide bonds. The standard InChI is InChI=1S/C14H18N4O2S2/c1-7-11(9(3)19)21-13(17-7)15-5-6-16-14-18-8(2)12(22-14)10(4)20/h5-6H2,1-4H3,(H,15,17)(H,16,18). The molecule has 118 valence electrons. The lowest BCUT2D eigenvalue weighted by Crippen LogP contribution is -2.13. The number of aryl methyl sites for hydroxylation is 2. The van der Waals surface area contributed by atoms with Gasteiger partial charge in [0.1, 0.15) is 0 Å². The molecule has 0 bridgehead atoms. The molecule has 22 heavy (non-hydrogen) atoms. The molecule has 0 fully saturated rings. The minimum atomic E-state index is 0.0381. The van der Waals surface area contributed by atoms with Gasteiger partial charge in [-0.1, -0.05) is 22.7 Å². The Labute approximate surface area is 137 Å². The van der Waals surface area contributed by atoms with Crippen LogP contribution in [-0.4, -0.2) is 34.6 Å². The highest BCUT2D eigenvalue weighted by atomic mass is 32.1. The highest BCUT2D eigenvalue weighted by Gasteiger charge is 2.12. The van der Waals surface area contributed by atoms with Crippen LogP contribution < -0.4 is 10.6 Å². The van der Waals surface area contributed by atoms with Gasteiger partial charge in [0, 0.05) is 26.9 Å². The Balaban J connectivity index is 1.84. The maximum Gasteiger partial charge on any atom is 0.183 e. The summed E-state index contributed by atoms with van der Waals surface area (Å²) in [7, 11) is 0. The van der Waals surface area contributed by atoms with E-state index in [1.165, 1.54) is 22.7 Å². The minimum Gasteiger partial charge on any atom is -0.360 e. The van der Waals surface area contributed by atoms with E-state index in [4.69, 9.17) is 0 Å². The third-order valence-electron chi connectivity index (χ3n) is 2.91. The average Bonchev–Trinajstić information content (AvgIpc) is 2.98. The third kappa shape index (κ3) is 3.89. The van der Waals surface area contributed by atoms with Crippen molar-refractivity contribution in [1.82, 2.24) is 9.97 Å². The van der Waals surface area contributed by atoms with Gasteiger partial charge in [0.15, 0.2) is 21.8 Å². The molecule has 0 aliphatic rings. The summed E-state index contributed by atoms with van der Waals surface area (Å²) >= 11 is 2.73. The molecule has 2 N–H and O–H groups in total. The second kappa shape index (κ2) is 6.97. The van der Waals surface area contributed by atoms with E-state index in [0.29, 0.717) is 22.8 Å². The van der Waals surface area contributed by atoms with Gasteiger partial charge in [-0.2, -0.15) is 0 Å². The molecule has 0 unspecified atom stereocenters. The Morgan fingerprint density at radius 3 is 1.50 bits per heavy atom. The van der Waals surface area contributed by atoms with Crippen molar-refractivity contribution >= 4 is 44.5 Å². The highest BCUT2D eigenvalue weighted by molar-refractivity contribution is 7.18. The Morgan fingerprint density at radius 2 is 1.23 bits per heavy atom. The molecule has 0 aliphatic carbocycles. The fourth-order valence-electron chi connectivity index (χ4n) is 1.94. The largest absolute Gasteiger partial charge is 0.360 e. The lowest BCUT2D eigenvalue weighted by Gasteiger charge is -2.03. The Morgan fingerprint density at radius 1 is 0.864 bits per heavy atom. The van der Waals surface area contributed by atoms with Gasteiger partial charge in [-0.3, -0.25) is 9.59 Å². The zero-order chi connectivity index (χ0) is 16.3. The van der Waals surface area contributed by atoms with Crippen LogP contribution in [-0.2, 0) is 0 Å². The number of thiazole rings is 2. The van der Waals surface area contributed by atoms with E-state index >= 15 is 0 Å². The van der Waals surface area contributed by atoms with Crippen LogP contribution in [0, 0.1) is 13.8 Å². The number of nitrogens with one attached hydrogen (secondary N) is 2. The second-order valence-electron chi connectivity index (χ2n) is 4.83. The van der Waals surface area contributed by atoms with Gasteiger partial charge in [0.25, 0.3) is 0 Å². The molecule has 8 heteroatoms. The predicted molar refractivity (Wildman–Crippen MR) is 90.7 cm³/mol. The van der Waals surface area contributed by atoms with E-state index in [-0.39, 0.29) is 11.6 Å². The van der Waals surface area contributed by atoms with E-state index in [0.717, 1.165) is 21.7 Å². The van der Waals surface area contributed by atoms with Crippen LogP contribution >= 0.6 is 22.7 Å². The molecule has 0 saturated heterocycles. The highest BCUT2D eigenvalue weighted by Crippen LogP contribution is 2.24. The molecule has 0 spiro atoms. The summed E-state index contributed by atoms with van der Waals surface area (Å²) in [6, 6.07) is 0. The number of rotatable bonds is 7. The Bertz CT molecular complexity index is 646. The maximum atomic E-state index is 11.4. The number of anilines is 2. The summed E-state index contributed by atoms with van der Waals surface area (Å²) in [5.74, 6) is 0.0763. The van der Waals surface area contributed by atoms with Gasteiger partial charge in [0.05, 0.1) is 21.1 Å². The van der Waals surface area contributed by atoms with Crippen LogP contribution in [0.25, 0.3) is 0 Å². The molecular formula is C14H18N4O2S2. The monoisotopic (exact) mass is 338 g/mol. The number of Topliss-reactive ketones (excluding diaryl/α,β-unsaturated/α-hetero) is 2. The summed E-state index contributed by atoms with van der Waals surface area (Å²) in [6.07, 6.45) is 0. The van der Waals surface area contributed by atoms with E-state index in [1.807, 2.05) is 13.8 Å². The topological polar surface area (TPSA) is 84.0 Å². The van der Waals surface area contributed by atoms with Crippen molar-refractivity contribution in [3.8, 4) is 0 Å². The molecule has 6 nitrogen and oxygen atoms in total. The molecule has 2 rings (SSSR count). The first-order valence-corrected chi connectivity index (χ1v) is 8.46. The predicted octanol–water partition coefficient (Wildman–Crippen LogP) is 3.15. The van der Waals surface area contributed by atoms with Crippen molar-refractivity contribution in [3.63, 3.8) is 0 Å². The molecule has 0 radical (unpaired) electrons. The molecule has 0 saturated carbocycles. The molecule has 0 atom stereocenters. The zero-order valence-electron chi connectivity index (χ0n) is 12.9. The van der Waals surface area contributed by atoms with Crippen LogP contribution in [0.3, 0.4) is 0 Å². The Hall–Kier alpha value is -1.80. The van der Waals surface area contributed by atoms with Crippen molar-refractivity contribution in [2.24, 2.45) is 0 Å². The number of carbonyl (C=O) groups is 2. The van der Waals surface area contributed by atoms with Gasteiger partial charge in [-0.15, -0.1) is 0 Å². The molecule has 0 aromatic carbocycles. The maximum absolute atomic E-state index is 11.4. The quantitative estimate of drug-likeness (QED) is 0.596. The normalized spacial score (nSPS) is 10.5. The first-order valence-electron chi connectivity index (χ1n) is 6.83. The van der Waals surface area contributed by atoms with Crippen molar-refractivity contribution in [2.45, 2.75) is 27.7 Å². The fraction of sp³-hybridized carbons (Fsp3) is 0.429. The van der Waals surface area contributed by atoms with Crippen LogP contribution in [0.2, 0.25) is 0 Å². The van der Waals surface area contributed by atoms with Gasteiger partial charge in [0.2, 0.25) is 0 Å². The summed E-state index contributed by atoms with van der Waals surface area (Å²) < 4.78 is 0. The molecule has 2 aromatic heterocycles. The van der Waals surface area contributed by atoms with Crippen LogP contribution in [0.5, 0.6) is 0 Å². The summed E-state index contributed by atoms with van der Waals surface area (Å²) in [6.45, 7) is 8.06. The van der Waals surface area contributed by atoms with Gasteiger partial charge in [-0.05, 0) is 13.8 Å². The summed E-state index contributed by atoms with van der Waals surface area (Å²) in [4.78, 5) is 32.8. The van der Waals surface area contributed by atoms with Gasteiger partial charge >= 0.3 is 0 Å². The molecule has 2 aromatic rings. The summed E-state index contributed by atoms with van der Waals surface area (Å²) in [5, 5.41) is 7.84. The fourth-order valence-corrected chi connectivity index (χ4v) is 3.71. The minimum absolute atomic E-state index is 0.0381. The number of hydrogen-bond acceptors (Lipinski definition) is 8. The van der Waals surface area contributed by atoms with Crippen molar-refractivity contribution in [3.05, 3.63) is 21.1 Å².